The number of ether oxygens (including phenoxy) is 2. The molecule has 1 aromatic heterocycles. The molecule has 1 amide bonds. The molecule has 1 N–H and O–H groups in total. The molecule has 7 nitrogen and oxygen atoms in total. The number of amides is 1. The van der Waals surface area contributed by atoms with Gasteiger partial charge in [-0.25, -0.2) is 4.79 Å². The topological polar surface area (TPSA) is 94.1 Å². The van der Waals surface area contributed by atoms with Crippen molar-refractivity contribution in [3.63, 3.8) is 0 Å². The van der Waals surface area contributed by atoms with E-state index in [4.69, 9.17) is 9.47 Å². The minimum Gasteiger partial charge on any atom is -0.477 e. The van der Waals surface area contributed by atoms with Gasteiger partial charge >= 0.3 is 6.09 Å². The van der Waals surface area contributed by atoms with E-state index in [-0.39, 0.29) is 16.9 Å². The number of carbonyl (C=O) groups excluding carboxylic acids is 1. The van der Waals surface area contributed by atoms with Crippen molar-refractivity contribution >= 4 is 33.4 Å². The first-order chi connectivity index (χ1) is 15.2. The lowest BCUT2D eigenvalue weighted by Crippen LogP contribution is -2.39. The quantitative estimate of drug-likeness (QED) is 0.389. The Morgan fingerprint density at radius 1 is 1.12 bits per heavy atom. The molecule has 2 atom stereocenters. The number of nitrogens with one attached hydrogen (secondary N) is 1. The summed E-state index contributed by atoms with van der Waals surface area (Å²) < 4.78 is 41.9. The van der Waals surface area contributed by atoms with Crippen LogP contribution in [-0.4, -0.2) is 32.1 Å². The lowest BCUT2D eigenvalue weighted by Gasteiger charge is -2.28. The Kier molecular flexibility index (Phi) is 8.70. The van der Waals surface area contributed by atoms with Crippen molar-refractivity contribution < 1.29 is 22.7 Å². The molecule has 0 unspecified atom stereocenters. The summed E-state index contributed by atoms with van der Waals surface area (Å²) in [6.45, 7) is 14.3. The van der Waals surface area contributed by atoms with Gasteiger partial charge in [-0.3, -0.25) is 0 Å². The van der Waals surface area contributed by atoms with Gasteiger partial charge in [-0.2, -0.15) is 8.42 Å². The maximum absolute atomic E-state index is 13.2. The number of hydrogen-bond donors (Lipinski definition) is 1. The molecule has 0 aliphatic rings. The maximum Gasteiger partial charge on any atom is 0.408 e. The van der Waals surface area contributed by atoms with Crippen LogP contribution in [0.3, 0.4) is 0 Å². The van der Waals surface area contributed by atoms with E-state index in [0.29, 0.717) is 5.56 Å². The smallest absolute Gasteiger partial charge is 0.408 e. The lowest BCUT2D eigenvalue weighted by atomic mass is 10.00. The molecule has 1 heterocycles. The Balaban J connectivity index is 2.50. The van der Waals surface area contributed by atoms with Crippen molar-refractivity contribution in [2.45, 2.75) is 78.0 Å². The van der Waals surface area contributed by atoms with Crippen LogP contribution in [0.2, 0.25) is 0 Å². The number of rotatable bonds is 7. The predicted octanol–water partition coefficient (Wildman–Crippen LogP) is 5.78. The summed E-state index contributed by atoms with van der Waals surface area (Å²) >= 11 is 1.44. The van der Waals surface area contributed by atoms with Gasteiger partial charge in [-0.1, -0.05) is 25.1 Å². The Labute approximate surface area is 201 Å². The second-order valence-electron chi connectivity index (χ2n) is 9.27. The molecule has 0 spiro atoms. The zero-order valence-electron chi connectivity index (χ0n) is 20.5. The van der Waals surface area contributed by atoms with Crippen molar-refractivity contribution in [3.8, 4) is 0 Å². The maximum atomic E-state index is 13.2. The second kappa shape index (κ2) is 10.7. The molecule has 0 saturated heterocycles. The molecule has 182 valence electrons. The number of alkyl carbamates (subject to hydrolysis) is 1. The molecule has 0 fully saturated rings. The van der Waals surface area contributed by atoms with E-state index in [1.807, 2.05) is 30.5 Å². The van der Waals surface area contributed by atoms with E-state index in [1.165, 1.54) is 11.3 Å². The van der Waals surface area contributed by atoms with Crippen LogP contribution in [0.5, 0.6) is 0 Å². The fourth-order valence-corrected chi connectivity index (χ4v) is 5.33. The van der Waals surface area contributed by atoms with Crippen LogP contribution >= 0.6 is 11.3 Å². The Morgan fingerprint density at radius 2 is 1.79 bits per heavy atom. The monoisotopic (exact) mass is 494 g/mol. The molecule has 0 bridgehead atoms. The molecule has 0 aliphatic heterocycles. The molecular weight excluding hydrogens is 460 g/mol. The fraction of sp³-hybridized carbons (Fsp3) is 0.500. The zero-order valence-corrected chi connectivity index (χ0v) is 22.1. The van der Waals surface area contributed by atoms with Gasteiger partial charge < -0.3 is 14.8 Å². The highest BCUT2D eigenvalue weighted by Gasteiger charge is 2.32. The van der Waals surface area contributed by atoms with Crippen molar-refractivity contribution in [1.29, 1.82) is 0 Å². The summed E-state index contributed by atoms with van der Waals surface area (Å²) in [6, 6.07) is 8.35. The van der Waals surface area contributed by atoms with Crippen molar-refractivity contribution in [3.05, 3.63) is 51.7 Å². The van der Waals surface area contributed by atoms with Gasteiger partial charge in [0.1, 0.15) is 5.60 Å². The molecular formula is C24H34N2O5S2. The number of carbonyl (C=O) groups is 1. The number of sulfonamides is 1. The summed E-state index contributed by atoms with van der Waals surface area (Å²) in [4.78, 5) is 13.5. The summed E-state index contributed by atoms with van der Waals surface area (Å²) in [7, 11) is -4.04. The number of nitrogens with zero attached hydrogens (tertiary/aromatic N) is 1. The van der Waals surface area contributed by atoms with Crippen LogP contribution in [0.1, 0.15) is 63.6 Å². The van der Waals surface area contributed by atoms with Crippen LogP contribution in [-0.2, 0) is 19.5 Å². The number of aryl methyl sites for hydroxylation is 2. The normalized spacial score (nSPS) is 14.6. The highest BCUT2D eigenvalue weighted by molar-refractivity contribution is 7.90. The minimum atomic E-state index is -4.04. The van der Waals surface area contributed by atoms with Gasteiger partial charge in [0.15, 0.2) is 0 Å². The van der Waals surface area contributed by atoms with E-state index in [0.717, 1.165) is 10.4 Å². The summed E-state index contributed by atoms with van der Waals surface area (Å²) in [5.74, 6) is -0.557. The van der Waals surface area contributed by atoms with Gasteiger partial charge in [0.25, 0.3) is 10.0 Å². The first-order valence-electron chi connectivity index (χ1n) is 10.8. The fourth-order valence-electron chi connectivity index (χ4n) is 3.09. The zero-order chi connectivity index (χ0) is 25.0. The molecule has 0 saturated carbocycles. The van der Waals surface area contributed by atoms with Crippen molar-refractivity contribution in [2.24, 2.45) is 10.3 Å². The SMILES string of the molecule is Cc1ccc(C)c(S(=O)(=O)/N=C(\OC(C)C)[C@H](C)[C@H](NC(=O)OC(C)(C)C)c2cccs2)c1. The van der Waals surface area contributed by atoms with Crippen LogP contribution in [0.4, 0.5) is 4.79 Å². The van der Waals surface area contributed by atoms with Crippen molar-refractivity contribution in [1.82, 2.24) is 5.32 Å². The Hall–Kier alpha value is -2.39. The lowest BCUT2D eigenvalue weighted by molar-refractivity contribution is 0.0493. The standard InChI is InChI=1S/C24H34N2O5S2/c1-15(2)30-22(26-33(28,29)20-14-16(3)11-12-17(20)4)18(5)21(19-10-9-13-32-19)25-23(27)31-24(6,7)8/h9-15,18,21H,1-8H3,(H,25,27)/b26-22-/t18-,21+/m1/s1. The third-order valence-electron chi connectivity index (χ3n) is 4.60. The van der Waals surface area contributed by atoms with Crippen LogP contribution < -0.4 is 5.32 Å². The number of benzene rings is 1. The van der Waals surface area contributed by atoms with E-state index < -0.39 is 33.7 Å². The van der Waals surface area contributed by atoms with Gasteiger partial charge in [-0.05, 0) is 77.1 Å². The van der Waals surface area contributed by atoms with Gasteiger partial charge in [0, 0.05) is 4.88 Å². The highest BCUT2D eigenvalue weighted by atomic mass is 32.2. The summed E-state index contributed by atoms with van der Waals surface area (Å²) in [6.07, 6.45) is -0.917. The van der Waals surface area contributed by atoms with Crippen LogP contribution in [0.25, 0.3) is 0 Å². The van der Waals surface area contributed by atoms with Gasteiger partial charge in [-0.15, -0.1) is 15.7 Å². The average Bonchev–Trinajstić information content (AvgIpc) is 3.19. The highest BCUT2D eigenvalue weighted by Crippen LogP contribution is 2.30. The third kappa shape index (κ3) is 7.85. The molecule has 2 aromatic rings. The first kappa shape index (κ1) is 26.9. The Morgan fingerprint density at radius 3 is 2.33 bits per heavy atom. The summed E-state index contributed by atoms with van der Waals surface area (Å²) in [5.41, 5.74) is 0.740. The Bertz CT molecular complexity index is 1080. The number of hydrogen-bond acceptors (Lipinski definition) is 6. The largest absolute Gasteiger partial charge is 0.477 e. The van der Waals surface area contributed by atoms with Crippen LogP contribution in [0.15, 0.2) is 45.0 Å². The predicted molar refractivity (Wildman–Crippen MR) is 132 cm³/mol. The van der Waals surface area contributed by atoms with Crippen LogP contribution in [0, 0.1) is 19.8 Å². The third-order valence-corrected chi connectivity index (χ3v) is 6.97. The van der Waals surface area contributed by atoms with E-state index >= 15 is 0 Å². The summed E-state index contributed by atoms with van der Waals surface area (Å²) in [5, 5.41) is 4.76. The molecule has 9 heteroatoms. The molecule has 33 heavy (non-hydrogen) atoms. The van der Waals surface area contributed by atoms with Crippen molar-refractivity contribution in [2.75, 3.05) is 0 Å². The van der Waals surface area contributed by atoms with Gasteiger partial charge in [0.2, 0.25) is 5.90 Å². The second-order valence-corrected chi connectivity index (χ2v) is 11.8. The number of thiophene rings is 1. The average molecular weight is 495 g/mol. The van der Waals surface area contributed by atoms with Gasteiger partial charge in [0.05, 0.1) is 23.0 Å². The molecule has 1 aromatic carbocycles. The van der Waals surface area contributed by atoms with E-state index in [9.17, 15) is 13.2 Å². The van der Waals surface area contributed by atoms with E-state index in [2.05, 4.69) is 9.71 Å². The molecule has 0 radical (unpaired) electrons. The minimum absolute atomic E-state index is 0.0281. The first-order valence-corrected chi connectivity index (χ1v) is 13.1. The van der Waals surface area contributed by atoms with E-state index in [1.54, 1.807) is 60.6 Å². The molecule has 0 aliphatic carbocycles. The molecule has 2 rings (SSSR count).